The van der Waals surface area contributed by atoms with Crippen LogP contribution in [-0.2, 0) is 6.42 Å². The van der Waals surface area contributed by atoms with E-state index in [1.54, 1.807) is 0 Å². The van der Waals surface area contributed by atoms with Crippen LogP contribution in [0.15, 0.2) is 46.2 Å². The van der Waals surface area contributed by atoms with Crippen LogP contribution < -0.4 is 21.3 Å². The first-order chi connectivity index (χ1) is 14.9. The number of anilines is 2. The van der Waals surface area contributed by atoms with Crippen LogP contribution in [-0.4, -0.2) is 16.5 Å². The Morgan fingerprint density at radius 1 is 1.23 bits per heavy atom. The summed E-state index contributed by atoms with van der Waals surface area (Å²) >= 11 is 6.04. The first-order valence-corrected chi connectivity index (χ1v) is 11.1. The summed E-state index contributed by atoms with van der Waals surface area (Å²) in [5.74, 6) is 0.900. The van der Waals surface area contributed by atoms with Crippen molar-refractivity contribution in [1.82, 2.24) is 9.97 Å². The van der Waals surface area contributed by atoms with Crippen LogP contribution in [0.4, 0.5) is 17.2 Å². The van der Waals surface area contributed by atoms with Crippen LogP contribution in [0.3, 0.4) is 0 Å². The fourth-order valence-corrected chi connectivity index (χ4v) is 4.23. The van der Waals surface area contributed by atoms with Crippen molar-refractivity contribution in [2.24, 2.45) is 4.99 Å². The lowest BCUT2D eigenvalue weighted by molar-refractivity contribution is 0.674. The van der Waals surface area contributed by atoms with Gasteiger partial charge in [-0.25, -0.2) is 9.98 Å². The molecule has 4 rings (SSSR count). The Morgan fingerprint density at radius 2 is 1.97 bits per heavy atom. The molecule has 6 heteroatoms. The second-order valence-electron chi connectivity index (χ2n) is 8.21. The van der Waals surface area contributed by atoms with Gasteiger partial charge in [0.2, 0.25) is 0 Å². The molecule has 0 radical (unpaired) electrons. The van der Waals surface area contributed by atoms with Crippen LogP contribution in [0, 0.1) is 6.92 Å². The largest absolute Gasteiger partial charge is 0.322 e. The Bertz CT molecular complexity index is 1280. The molecule has 160 valence electrons. The predicted molar refractivity (Wildman–Crippen MR) is 127 cm³/mol. The van der Waals surface area contributed by atoms with E-state index < -0.39 is 0 Å². The maximum Gasteiger partial charge on any atom is 0.279 e. The average molecular weight is 435 g/mol. The highest BCUT2D eigenvalue weighted by molar-refractivity contribution is 6.30. The molecule has 0 amide bonds. The van der Waals surface area contributed by atoms with Crippen molar-refractivity contribution in [3.63, 3.8) is 0 Å². The van der Waals surface area contributed by atoms with Gasteiger partial charge in [0, 0.05) is 11.6 Å². The van der Waals surface area contributed by atoms with E-state index in [-0.39, 0.29) is 5.56 Å². The number of hydrogen-bond donors (Lipinski definition) is 1. The van der Waals surface area contributed by atoms with E-state index >= 15 is 0 Å². The summed E-state index contributed by atoms with van der Waals surface area (Å²) < 4.78 is 0. The molecule has 0 aliphatic carbocycles. The Hall–Kier alpha value is -2.92. The molecule has 2 heterocycles. The molecule has 0 saturated heterocycles. The fraction of sp³-hybridized carbons (Fsp3) is 0.320. The fourth-order valence-electron chi connectivity index (χ4n) is 4.10. The van der Waals surface area contributed by atoms with E-state index in [1.807, 2.05) is 12.1 Å². The molecule has 0 bridgehead atoms. The van der Waals surface area contributed by atoms with Gasteiger partial charge in [-0.3, -0.25) is 4.79 Å². The van der Waals surface area contributed by atoms with Crippen molar-refractivity contribution < 1.29 is 0 Å². The van der Waals surface area contributed by atoms with Crippen molar-refractivity contribution in [3.8, 4) is 0 Å². The first kappa shape index (κ1) is 21.3. The highest BCUT2D eigenvalue weighted by Crippen LogP contribution is 2.38. The smallest absolute Gasteiger partial charge is 0.279 e. The van der Waals surface area contributed by atoms with Crippen LogP contribution >= 0.6 is 11.6 Å². The predicted octanol–water partition coefficient (Wildman–Crippen LogP) is 4.69. The number of H-pyrrole nitrogens is 1. The average Bonchev–Trinajstić information content (AvgIpc) is 2.73. The number of aromatic amines is 1. The van der Waals surface area contributed by atoms with Crippen LogP contribution in [0.5, 0.6) is 0 Å². The minimum atomic E-state index is -0.256. The van der Waals surface area contributed by atoms with E-state index in [1.165, 1.54) is 16.7 Å². The van der Waals surface area contributed by atoms with Gasteiger partial charge in [-0.05, 0) is 66.6 Å². The quantitative estimate of drug-likeness (QED) is 0.612. The van der Waals surface area contributed by atoms with Gasteiger partial charge in [-0.1, -0.05) is 50.6 Å². The zero-order valence-corrected chi connectivity index (χ0v) is 19.0. The van der Waals surface area contributed by atoms with Crippen molar-refractivity contribution in [3.05, 3.63) is 79.3 Å². The number of aromatic nitrogens is 2. The van der Waals surface area contributed by atoms with Gasteiger partial charge in [0.1, 0.15) is 5.48 Å². The summed E-state index contributed by atoms with van der Waals surface area (Å²) in [6.07, 6.45) is 2.93. The van der Waals surface area contributed by atoms with E-state index in [2.05, 4.69) is 71.5 Å². The second-order valence-corrected chi connectivity index (χ2v) is 8.64. The van der Waals surface area contributed by atoms with Gasteiger partial charge in [0.15, 0.2) is 11.2 Å². The molecule has 1 aliphatic heterocycles. The molecule has 1 unspecified atom stereocenters. The molecule has 0 spiro atoms. The SMILES string of the molecule is C=c1nc2c(c(=O)[nH]1)=Nc1cc(CCC)c(C)cc1N2CCC(C)c1ccc(Cl)cc1. The lowest BCUT2D eigenvalue weighted by Gasteiger charge is -2.30. The van der Waals surface area contributed by atoms with Gasteiger partial charge in [0.25, 0.3) is 5.56 Å². The number of fused-ring (bicyclic) bond motifs is 2. The summed E-state index contributed by atoms with van der Waals surface area (Å²) in [4.78, 5) is 26.7. The molecular weight excluding hydrogens is 408 g/mol. The maximum atomic E-state index is 12.6. The number of aryl methyl sites for hydroxylation is 2. The highest BCUT2D eigenvalue weighted by atomic mass is 35.5. The minimum absolute atomic E-state index is 0.256. The Kier molecular flexibility index (Phi) is 5.96. The van der Waals surface area contributed by atoms with Crippen molar-refractivity contribution in [2.45, 2.75) is 46.0 Å². The van der Waals surface area contributed by atoms with Gasteiger partial charge in [0.05, 0.1) is 11.4 Å². The molecule has 0 saturated carbocycles. The first-order valence-electron chi connectivity index (χ1n) is 10.7. The Labute approximate surface area is 187 Å². The summed E-state index contributed by atoms with van der Waals surface area (Å²) in [5, 5.41) is 1.09. The summed E-state index contributed by atoms with van der Waals surface area (Å²) in [5.41, 5.74) is 5.63. The van der Waals surface area contributed by atoms with E-state index in [0.29, 0.717) is 29.1 Å². The summed E-state index contributed by atoms with van der Waals surface area (Å²) in [7, 11) is 0. The normalized spacial score (nSPS) is 13.4. The molecule has 31 heavy (non-hydrogen) atoms. The molecule has 5 nitrogen and oxygen atoms in total. The number of benzene rings is 2. The lowest BCUT2D eigenvalue weighted by atomic mass is 9.97. The summed E-state index contributed by atoms with van der Waals surface area (Å²) in [6, 6.07) is 12.3. The topological polar surface area (TPSA) is 61.4 Å². The Morgan fingerprint density at radius 3 is 2.68 bits per heavy atom. The third-order valence-electron chi connectivity index (χ3n) is 5.88. The maximum absolute atomic E-state index is 12.6. The van der Waals surface area contributed by atoms with Gasteiger partial charge < -0.3 is 9.88 Å². The molecule has 1 aliphatic rings. The molecule has 0 fully saturated rings. The third-order valence-corrected chi connectivity index (χ3v) is 6.13. The van der Waals surface area contributed by atoms with Crippen molar-refractivity contribution in [1.29, 1.82) is 0 Å². The van der Waals surface area contributed by atoms with Gasteiger partial charge in [-0.15, -0.1) is 0 Å². The highest BCUT2D eigenvalue weighted by Gasteiger charge is 2.24. The monoisotopic (exact) mass is 434 g/mol. The molecule has 3 aromatic rings. The minimum Gasteiger partial charge on any atom is -0.322 e. The van der Waals surface area contributed by atoms with E-state index in [0.717, 1.165) is 35.7 Å². The number of rotatable bonds is 6. The van der Waals surface area contributed by atoms with E-state index in [9.17, 15) is 4.79 Å². The second kappa shape index (κ2) is 8.67. The van der Waals surface area contributed by atoms with Crippen molar-refractivity contribution in [2.75, 3.05) is 11.4 Å². The van der Waals surface area contributed by atoms with Crippen LogP contribution in [0.25, 0.3) is 6.58 Å². The van der Waals surface area contributed by atoms with Crippen LogP contribution in [0.1, 0.15) is 49.3 Å². The molecule has 1 aromatic heterocycles. The van der Waals surface area contributed by atoms with E-state index in [4.69, 9.17) is 11.6 Å². The standard InChI is InChI=1S/C25H27ClN4O/c1-5-6-19-14-21-22(13-16(19)3)30(24-23(29-21)25(31)28-17(4)27-24)12-11-15(2)18-7-9-20(26)10-8-18/h7-10,13-15H,4-6,11-12H2,1-3H3,(H,28,31). The molecule has 1 atom stereocenters. The zero-order chi connectivity index (χ0) is 22.1. The van der Waals surface area contributed by atoms with Crippen molar-refractivity contribution >= 4 is 35.4 Å². The zero-order valence-electron chi connectivity index (χ0n) is 18.2. The number of nitrogens with one attached hydrogen (secondary N) is 1. The van der Waals surface area contributed by atoms with Crippen LogP contribution in [0.2, 0.25) is 5.02 Å². The molecular formula is C25H27ClN4O. The molecule has 2 aromatic carbocycles. The third kappa shape index (κ3) is 4.28. The van der Waals surface area contributed by atoms with Gasteiger partial charge in [-0.2, -0.15) is 0 Å². The number of halogens is 1. The number of hydrogen-bond acceptors (Lipinski definition) is 4. The molecule has 1 N–H and O–H groups in total. The van der Waals surface area contributed by atoms with Gasteiger partial charge >= 0.3 is 0 Å². The Balaban J connectivity index is 1.76. The number of nitrogens with zero attached hydrogens (tertiary/aromatic N) is 3. The summed E-state index contributed by atoms with van der Waals surface area (Å²) in [6.45, 7) is 11.1. The lowest BCUT2D eigenvalue weighted by Crippen LogP contribution is -2.42.